The first-order chi connectivity index (χ1) is 15.3. The minimum atomic E-state index is -4.10. The van der Waals surface area contributed by atoms with Crippen LogP contribution < -0.4 is 9.46 Å². The number of carboxylic acid groups (broad SMARTS) is 1. The minimum Gasteiger partial charge on any atom is -0.495 e. The van der Waals surface area contributed by atoms with Gasteiger partial charge in [0, 0.05) is 5.02 Å². The Balaban J connectivity index is 2.02. The van der Waals surface area contributed by atoms with Gasteiger partial charge in [0.1, 0.15) is 11.3 Å². The molecule has 0 aliphatic carbocycles. The number of hydrogen-bond donors (Lipinski definition) is 2. The summed E-state index contributed by atoms with van der Waals surface area (Å²) in [5.41, 5.74) is 1.67. The smallest absolute Gasteiger partial charge is 0.341 e. The maximum Gasteiger partial charge on any atom is 0.341 e. The van der Waals surface area contributed by atoms with Crippen molar-refractivity contribution < 1.29 is 23.1 Å². The molecule has 0 fully saturated rings. The average Bonchev–Trinajstić information content (AvgIpc) is 2.78. The van der Waals surface area contributed by atoms with Crippen LogP contribution in [-0.4, -0.2) is 26.6 Å². The normalized spacial score (nSPS) is 11.5. The van der Waals surface area contributed by atoms with Crippen LogP contribution >= 0.6 is 11.6 Å². The number of benzene rings is 3. The number of halogens is 1. The molecular formula is C24H22ClNO5S. The first kappa shape index (κ1) is 23.4. The van der Waals surface area contributed by atoms with E-state index in [2.05, 4.69) is 4.72 Å². The molecule has 0 radical (unpaired) electrons. The van der Waals surface area contributed by atoms with Gasteiger partial charge in [-0.3, -0.25) is 4.72 Å². The van der Waals surface area contributed by atoms with Crippen LogP contribution in [0.15, 0.2) is 65.6 Å². The highest BCUT2D eigenvalue weighted by Crippen LogP contribution is 2.33. The predicted octanol–water partition coefficient (Wildman–Crippen LogP) is 5.58. The molecule has 0 saturated carbocycles. The largest absolute Gasteiger partial charge is 0.495 e. The van der Waals surface area contributed by atoms with Crippen molar-refractivity contribution in [3.63, 3.8) is 0 Å². The number of hydrogen-bond acceptors (Lipinski definition) is 4. The van der Waals surface area contributed by atoms with E-state index in [1.54, 1.807) is 48.6 Å². The first-order valence-electron chi connectivity index (χ1n) is 9.75. The van der Waals surface area contributed by atoms with Gasteiger partial charge in [-0.15, -0.1) is 0 Å². The predicted molar refractivity (Wildman–Crippen MR) is 127 cm³/mol. The second-order valence-corrected chi connectivity index (χ2v) is 8.95. The number of aromatic carboxylic acids is 1. The van der Waals surface area contributed by atoms with Crippen LogP contribution in [0.5, 0.6) is 5.75 Å². The second kappa shape index (κ2) is 9.89. The number of aryl methyl sites for hydroxylation is 1. The van der Waals surface area contributed by atoms with Crippen molar-refractivity contribution in [1.82, 2.24) is 0 Å². The summed E-state index contributed by atoms with van der Waals surface area (Å²) in [6, 6.07) is 16.7. The van der Waals surface area contributed by atoms with Gasteiger partial charge in [0.05, 0.1) is 17.7 Å². The average molecular weight is 472 g/mol. The number of carboxylic acids is 1. The van der Waals surface area contributed by atoms with Gasteiger partial charge in [-0.2, -0.15) is 0 Å². The van der Waals surface area contributed by atoms with Crippen LogP contribution in [0.3, 0.4) is 0 Å². The van der Waals surface area contributed by atoms with Gasteiger partial charge in [-0.1, -0.05) is 67.1 Å². The fourth-order valence-corrected chi connectivity index (χ4v) is 4.66. The number of methoxy groups -OCH3 is 1. The van der Waals surface area contributed by atoms with Crippen molar-refractivity contribution in [1.29, 1.82) is 0 Å². The Kier molecular flexibility index (Phi) is 7.22. The summed E-state index contributed by atoms with van der Waals surface area (Å²) in [4.78, 5) is 11.9. The Bertz CT molecular complexity index is 1270. The molecule has 0 heterocycles. The zero-order valence-corrected chi connectivity index (χ0v) is 19.1. The molecule has 0 amide bonds. The highest BCUT2D eigenvalue weighted by molar-refractivity contribution is 7.92. The molecule has 0 unspecified atom stereocenters. The van der Waals surface area contributed by atoms with E-state index in [-0.39, 0.29) is 21.9 Å². The van der Waals surface area contributed by atoms with E-state index >= 15 is 0 Å². The Labute approximate surface area is 192 Å². The molecule has 3 rings (SSSR count). The molecule has 0 aliphatic heterocycles. The zero-order valence-electron chi connectivity index (χ0n) is 17.5. The number of ether oxygens (including phenoxy) is 1. The van der Waals surface area contributed by atoms with Gasteiger partial charge >= 0.3 is 5.97 Å². The molecule has 0 atom stereocenters. The summed E-state index contributed by atoms with van der Waals surface area (Å²) in [6.07, 6.45) is 3.98. The molecule has 8 heteroatoms. The number of anilines is 1. The standard InChI is InChI=1S/C24H22ClNO5S/c1-3-17-12-15-20(22(24(27)28)23(17)31-2)26-32(29,30)21-7-5-4-6-18(21)11-8-16-9-13-19(25)14-10-16/h4-15,26H,3H2,1-2H3,(H,27,28)/b11-8+. The van der Waals surface area contributed by atoms with Gasteiger partial charge < -0.3 is 9.84 Å². The fraction of sp³-hybridized carbons (Fsp3) is 0.125. The van der Waals surface area contributed by atoms with Crippen LogP contribution in [0.1, 0.15) is 34.0 Å². The molecule has 3 aromatic rings. The van der Waals surface area contributed by atoms with Crippen LogP contribution in [0.2, 0.25) is 5.02 Å². The van der Waals surface area contributed by atoms with Crippen LogP contribution in [-0.2, 0) is 16.4 Å². The SMILES string of the molecule is CCc1ccc(NS(=O)(=O)c2ccccc2/C=C/c2ccc(Cl)cc2)c(C(=O)O)c1OC. The molecule has 3 aromatic carbocycles. The fourth-order valence-electron chi connectivity index (χ4n) is 3.26. The topological polar surface area (TPSA) is 92.7 Å². The van der Waals surface area contributed by atoms with E-state index in [0.717, 1.165) is 5.56 Å². The Hall–Kier alpha value is -3.29. The first-order valence-corrected chi connectivity index (χ1v) is 11.6. The number of nitrogens with one attached hydrogen (secondary N) is 1. The molecule has 2 N–H and O–H groups in total. The van der Waals surface area contributed by atoms with Crippen molar-refractivity contribution in [3.8, 4) is 5.75 Å². The number of carbonyl (C=O) groups is 1. The summed E-state index contributed by atoms with van der Waals surface area (Å²) in [7, 11) is -2.74. The lowest BCUT2D eigenvalue weighted by molar-refractivity contribution is 0.0694. The van der Waals surface area contributed by atoms with Crippen molar-refractivity contribution in [2.75, 3.05) is 11.8 Å². The quantitative estimate of drug-likeness (QED) is 0.418. The van der Waals surface area contributed by atoms with E-state index in [1.165, 1.54) is 19.2 Å². The summed E-state index contributed by atoms with van der Waals surface area (Å²) in [6.45, 7) is 1.86. The van der Waals surface area contributed by atoms with Crippen LogP contribution in [0.4, 0.5) is 5.69 Å². The number of sulfonamides is 1. The highest BCUT2D eigenvalue weighted by atomic mass is 35.5. The third kappa shape index (κ3) is 5.12. The highest BCUT2D eigenvalue weighted by Gasteiger charge is 2.24. The minimum absolute atomic E-state index is 0.0140. The Morgan fingerprint density at radius 1 is 1.06 bits per heavy atom. The zero-order chi connectivity index (χ0) is 23.3. The summed E-state index contributed by atoms with van der Waals surface area (Å²) in [5, 5.41) is 10.3. The van der Waals surface area contributed by atoms with Crippen molar-refractivity contribution in [2.24, 2.45) is 0 Å². The maximum atomic E-state index is 13.2. The molecule has 32 heavy (non-hydrogen) atoms. The van der Waals surface area contributed by atoms with E-state index in [4.69, 9.17) is 16.3 Å². The van der Waals surface area contributed by atoms with Gasteiger partial charge in [0.15, 0.2) is 0 Å². The second-order valence-electron chi connectivity index (χ2n) is 6.87. The van der Waals surface area contributed by atoms with Gasteiger partial charge in [-0.05, 0) is 47.4 Å². The third-order valence-electron chi connectivity index (χ3n) is 4.82. The lowest BCUT2D eigenvalue weighted by Crippen LogP contribution is -2.17. The summed E-state index contributed by atoms with van der Waals surface area (Å²) in [5.74, 6) is -1.15. The van der Waals surface area contributed by atoms with E-state index in [0.29, 0.717) is 22.6 Å². The molecular weight excluding hydrogens is 450 g/mol. The maximum absolute atomic E-state index is 13.2. The lowest BCUT2D eigenvalue weighted by atomic mass is 10.0. The Morgan fingerprint density at radius 3 is 2.38 bits per heavy atom. The molecule has 0 saturated heterocycles. The van der Waals surface area contributed by atoms with Crippen molar-refractivity contribution in [3.05, 3.63) is 87.9 Å². The van der Waals surface area contributed by atoms with Gasteiger partial charge in [0.2, 0.25) is 0 Å². The molecule has 0 spiro atoms. The number of rotatable bonds is 8. The van der Waals surface area contributed by atoms with Crippen molar-refractivity contribution in [2.45, 2.75) is 18.2 Å². The van der Waals surface area contributed by atoms with Crippen LogP contribution in [0.25, 0.3) is 12.2 Å². The monoisotopic (exact) mass is 471 g/mol. The third-order valence-corrected chi connectivity index (χ3v) is 6.51. The Morgan fingerprint density at radius 2 is 1.75 bits per heavy atom. The van der Waals surface area contributed by atoms with Gasteiger partial charge in [0.25, 0.3) is 10.0 Å². The molecule has 0 aromatic heterocycles. The van der Waals surface area contributed by atoms with Crippen molar-refractivity contribution >= 4 is 45.4 Å². The summed E-state index contributed by atoms with van der Waals surface area (Å²) >= 11 is 5.90. The van der Waals surface area contributed by atoms with Crippen LogP contribution in [0, 0.1) is 0 Å². The molecule has 0 aliphatic rings. The van der Waals surface area contributed by atoms with E-state index in [1.807, 2.05) is 19.1 Å². The van der Waals surface area contributed by atoms with E-state index in [9.17, 15) is 18.3 Å². The molecule has 166 valence electrons. The summed E-state index contributed by atoms with van der Waals surface area (Å²) < 4.78 is 34.1. The lowest BCUT2D eigenvalue weighted by Gasteiger charge is -2.16. The van der Waals surface area contributed by atoms with E-state index < -0.39 is 16.0 Å². The van der Waals surface area contributed by atoms with Gasteiger partial charge in [-0.25, -0.2) is 13.2 Å². The molecule has 6 nitrogen and oxygen atoms in total. The molecule has 0 bridgehead atoms.